The third-order valence-electron chi connectivity index (χ3n) is 5.33. The molecule has 1 unspecified atom stereocenters. The number of aliphatic imine (C=N–C) groups is 1. The van der Waals surface area contributed by atoms with Crippen molar-refractivity contribution in [2.24, 2.45) is 10.9 Å². The van der Waals surface area contributed by atoms with E-state index in [0.717, 1.165) is 27.5 Å². The summed E-state index contributed by atoms with van der Waals surface area (Å²) in [7, 11) is 3.08. The van der Waals surface area contributed by atoms with Crippen molar-refractivity contribution in [2.75, 3.05) is 31.3 Å². The number of anilines is 1. The van der Waals surface area contributed by atoms with Crippen molar-refractivity contribution in [2.45, 2.75) is 13.3 Å². The third-order valence-corrected chi connectivity index (χ3v) is 6.59. The first kappa shape index (κ1) is 18.6. The zero-order valence-electron chi connectivity index (χ0n) is 16.0. The van der Waals surface area contributed by atoms with Crippen LogP contribution in [0.4, 0.5) is 10.5 Å². The highest BCUT2D eigenvalue weighted by atomic mass is 32.2. The van der Waals surface area contributed by atoms with E-state index in [-0.39, 0.29) is 17.6 Å². The molecule has 1 atom stereocenters. The van der Waals surface area contributed by atoms with Gasteiger partial charge in [-0.05, 0) is 30.5 Å². The SMILES string of the molecule is CC1=C(SCC(=O)N2CCc3ccccc32)C2C(=O)N(C)C(=O)[N+](C)=C2N=C1. The van der Waals surface area contributed by atoms with Crippen LogP contribution in [-0.2, 0) is 16.0 Å². The summed E-state index contributed by atoms with van der Waals surface area (Å²) in [5, 5.41) is 0. The van der Waals surface area contributed by atoms with Crippen molar-refractivity contribution in [3.8, 4) is 0 Å². The fraction of sp³-hybridized carbons (Fsp3) is 0.350. The molecule has 144 valence electrons. The standard InChI is InChI=1S/C20H21N4O3S/c1-12-10-21-18-16(19(26)23(3)20(27)22(18)2)17(12)28-11-15(25)24-9-8-13-6-4-5-7-14(13)24/h4-7,10,16H,8-9,11H2,1-3H3/q+1. The zero-order valence-corrected chi connectivity index (χ0v) is 16.8. The minimum absolute atomic E-state index is 0.0142. The van der Waals surface area contributed by atoms with Gasteiger partial charge in [-0.25, -0.2) is 4.79 Å². The van der Waals surface area contributed by atoms with E-state index in [2.05, 4.69) is 4.99 Å². The molecule has 0 saturated carbocycles. The number of thioether (sulfide) groups is 1. The Kier molecular flexibility index (Phi) is 4.66. The molecule has 1 aromatic rings. The van der Waals surface area contributed by atoms with E-state index in [1.165, 1.54) is 28.9 Å². The molecule has 3 aliphatic heterocycles. The van der Waals surface area contributed by atoms with E-state index < -0.39 is 11.9 Å². The van der Waals surface area contributed by atoms with E-state index in [4.69, 9.17) is 0 Å². The predicted molar refractivity (Wildman–Crippen MR) is 109 cm³/mol. The third kappa shape index (κ3) is 2.88. The minimum Gasteiger partial charge on any atom is -0.311 e. The highest BCUT2D eigenvalue weighted by molar-refractivity contribution is 8.03. The molecule has 28 heavy (non-hydrogen) atoms. The second-order valence-electron chi connectivity index (χ2n) is 7.05. The lowest BCUT2D eigenvalue weighted by Gasteiger charge is -2.27. The lowest BCUT2D eigenvalue weighted by Crippen LogP contribution is -2.52. The van der Waals surface area contributed by atoms with E-state index >= 15 is 0 Å². The Balaban J connectivity index is 1.56. The summed E-state index contributed by atoms with van der Waals surface area (Å²) in [6, 6.07) is 7.53. The number of imide groups is 1. The van der Waals surface area contributed by atoms with Gasteiger partial charge in [-0.2, -0.15) is 9.48 Å². The summed E-state index contributed by atoms with van der Waals surface area (Å²) in [6.07, 6.45) is 2.52. The molecule has 0 bridgehead atoms. The number of dihydropyridines is 1. The Morgan fingerprint density at radius 2 is 2.07 bits per heavy atom. The average Bonchev–Trinajstić information content (AvgIpc) is 3.13. The first-order valence-electron chi connectivity index (χ1n) is 9.08. The summed E-state index contributed by atoms with van der Waals surface area (Å²) in [6.45, 7) is 2.56. The molecule has 4 rings (SSSR count). The fourth-order valence-corrected chi connectivity index (χ4v) is 4.86. The van der Waals surface area contributed by atoms with E-state index in [9.17, 15) is 14.4 Å². The predicted octanol–water partition coefficient (Wildman–Crippen LogP) is 1.92. The van der Waals surface area contributed by atoms with Gasteiger partial charge in [0.25, 0.3) is 5.84 Å². The summed E-state index contributed by atoms with van der Waals surface area (Å²) in [5.74, 6) is -0.287. The number of urea groups is 1. The maximum Gasteiger partial charge on any atom is 0.445 e. The van der Waals surface area contributed by atoms with Crippen LogP contribution in [0.5, 0.6) is 0 Å². The quantitative estimate of drug-likeness (QED) is 0.731. The van der Waals surface area contributed by atoms with Crippen LogP contribution in [0, 0.1) is 5.92 Å². The summed E-state index contributed by atoms with van der Waals surface area (Å²) < 4.78 is 1.40. The number of carbonyl (C=O) groups excluding carboxylic acids is 3. The van der Waals surface area contributed by atoms with Crippen molar-refractivity contribution in [1.82, 2.24) is 4.90 Å². The van der Waals surface area contributed by atoms with Crippen LogP contribution in [0.3, 0.4) is 0 Å². The second-order valence-corrected chi connectivity index (χ2v) is 8.07. The van der Waals surface area contributed by atoms with Crippen molar-refractivity contribution >= 4 is 47.3 Å². The Hall–Kier alpha value is -2.74. The Morgan fingerprint density at radius 1 is 1.32 bits per heavy atom. The number of nitrogens with zero attached hydrogens (tertiary/aromatic N) is 4. The normalized spacial score (nSPS) is 21.5. The first-order chi connectivity index (χ1) is 13.4. The van der Waals surface area contributed by atoms with Gasteiger partial charge in [0.15, 0.2) is 5.92 Å². The van der Waals surface area contributed by atoms with Crippen LogP contribution in [0.15, 0.2) is 39.7 Å². The van der Waals surface area contributed by atoms with E-state index in [0.29, 0.717) is 12.4 Å². The monoisotopic (exact) mass is 397 g/mol. The number of benzene rings is 1. The lowest BCUT2D eigenvalue weighted by molar-refractivity contribution is -0.407. The second kappa shape index (κ2) is 7.01. The molecule has 0 aliphatic carbocycles. The molecule has 0 N–H and O–H groups in total. The molecule has 8 heteroatoms. The van der Waals surface area contributed by atoms with E-state index in [1.54, 1.807) is 13.3 Å². The van der Waals surface area contributed by atoms with Gasteiger partial charge >= 0.3 is 11.9 Å². The summed E-state index contributed by atoms with van der Waals surface area (Å²) in [4.78, 5) is 45.8. The molecule has 7 nitrogen and oxygen atoms in total. The van der Waals surface area contributed by atoms with Crippen LogP contribution in [-0.4, -0.2) is 65.8 Å². The van der Waals surface area contributed by atoms with Gasteiger partial charge in [0.05, 0.1) is 19.8 Å². The van der Waals surface area contributed by atoms with Gasteiger partial charge in [0.1, 0.15) is 6.21 Å². The molecule has 0 saturated heterocycles. The van der Waals surface area contributed by atoms with Gasteiger partial charge in [-0.15, -0.1) is 16.8 Å². The molecule has 1 aromatic carbocycles. The molecule has 0 radical (unpaired) electrons. The van der Waals surface area contributed by atoms with Crippen molar-refractivity contribution in [1.29, 1.82) is 0 Å². The van der Waals surface area contributed by atoms with Crippen molar-refractivity contribution in [3.63, 3.8) is 0 Å². The maximum absolute atomic E-state index is 12.9. The van der Waals surface area contributed by atoms with Crippen LogP contribution in [0.25, 0.3) is 0 Å². The number of amidine groups is 1. The topological polar surface area (TPSA) is 73.1 Å². The van der Waals surface area contributed by atoms with Crippen LogP contribution in [0.1, 0.15) is 12.5 Å². The molecular weight excluding hydrogens is 376 g/mol. The van der Waals surface area contributed by atoms with Crippen molar-refractivity contribution in [3.05, 3.63) is 40.3 Å². The Morgan fingerprint density at radius 3 is 2.86 bits per heavy atom. The zero-order chi connectivity index (χ0) is 20.0. The summed E-state index contributed by atoms with van der Waals surface area (Å²) in [5.41, 5.74) is 2.99. The van der Waals surface area contributed by atoms with Crippen LogP contribution < -0.4 is 4.90 Å². The summed E-state index contributed by atoms with van der Waals surface area (Å²) >= 11 is 1.36. The number of para-hydroxylation sites is 1. The highest BCUT2D eigenvalue weighted by Gasteiger charge is 2.48. The number of rotatable bonds is 3. The highest BCUT2D eigenvalue weighted by Crippen LogP contribution is 2.35. The lowest BCUT2D eigenvalue weighted by atomic mass is 9.99. The molecular formula is C20H21N4O3S+. The fourth-order valence-electron chi connectivity index (χ4n) is 3.77. The molecule has 0 fully saturated rings. The van der Waals surface area contributed by atoms with E-state index in [1.807, 2.05) is 36.1 Å². The largest absolute Gasteiger partial charge is 0.445 e. The molecule has 4 amide bonds. The van der Waals surface area contributed by atoms with Gasteiger partial charge in [-0.1, -0.05) is 18.2 Å². The van der Waals surface area contributed by atoms with Gasteiger partial charge in [0, 0.05) is 17.1 Å². The number of hydrogen-bond donors (Lipinski definition) is 0. The Labute approximate surface area is 167 Å². The van der Waals surface area contributed by atoms with Gasteiger partial charge < -0.3 is 4.90 Å². The molecule has 0 aromatic heterocycles. The number of fused-ring (bicyclic) bond motifs is 2. The molecule has 3 heterocycles. The van der Waals surface area contributed by atoms with Crippen LogP contribution in [0.2, 0.25) is 0 Å². The first-order valence-corrected chi connectivity index (χ1v) is 10.1. The number of amides is 4. The average molecular weight is 397 g/mol. The molecule has 3 aliphatic rings. The van der Waals surface area contributed by atoms with Crippen molar-refractivity contribution < 1.29 is 19.0 Å². The minimum atomic E-state index is -0.638. The van der Waals surface area contributed by atoms with Gasteiger partial charge in [0.2, 0.25) is 5.91 Å². The molecule has 0 spiro atoms. The Bertz CT molecular complexity index is 995. The number of allylic oxidation sites excluding steroid dienone is 1. The number of hydrogen-bond acceptors (Lipinski definition) is 5. The smallest absolute Gasteiger partial charge is 0.311 e. The van der Waals surface area contributed by atoms with Crippen LogP contribution >= 0.6 is 11.8 Å². The van der Waals surface area contributed by atoms with Gasteiger partial charge in [-0.3, -0.25) is 9.59 Å². The number of carbonyl (C=O) groups is 3. The maximum atomic E-state index is 12.9.